The average Bonchev–Trinajstić information content (AvgIpc) is 3.56. The van der Waals surface area contributed by atoms with Crippen molar-refractivity contribution in [2.24, 2.45) is 5.73 Å². The molecule has 0 aromatic heterocycles. The van der Waals surface area contributed by atoms with Gasteiger partial charge in [0.1, 0.15) is 11.6 Å². The van der Waals surface area contributed by atoms with Crippen LogP contribution in [-0.4, -0.2) is 29.9 Å². The third kappa shape index (κ3) is 5.68. The SMILES string of the molecule is N#CC1(NC(=O)[C@H](CCCCCN)NC(=O)c2ccc(-c3ccccc3)cc2)CC1. The lowest BCUT2D eigenvalue weighted by atomic mass is 10.0. The predicted octanol–water partition coefficient (Wildman–Crippen LogP) is 3.14. The van der Waals surface area contributed by atoms with E-state index in [0.717, 1.165) is 30.4 Å². The highest BCUT2D eigenvalue weighted by Gasteiger charge is 2.45. The first-order chi connectivity index (χ1) is 14.6. The van der Waals surface area contributed by atoms with Gasteiger partial charge in [-0.3, -0.25) is 9.59 Å². The molecule has 1 fully saturated rings. The van der Waals surface area contributed by atoms with Crippen LogP contribution >= 0.6 is 0 Å². The van der Waals surface area contributed by atoms with Crippen molar-refractivity contribution in [1.82, 2.24) is 10.6 Å². The van der Waals surface area contributed by atoms with E-state index >= 15 is 0 Å². The van der Waals surface area contributed by atoms with Gasteiger partial charge in [0.25, 0.3) is 5.91 Å². The van der Waals surface area contributed by atoms with Gasteiger partial charge in [0, 0.05) is 5.56 Å². The number of nitriles is 1. The van der Waals surface area contributed by atoms with Crippen LogP contribution in [0.5, 0.6) is 0 Å². The molecule has 3 rings (SSSR count). The van der Waals surface area contributed by atoms with Crippen LogP contribution in [0.2, 0.25) is 0 Å². The lowest BCUT2D eigenvalue weighted by Gasteiger charge is -2.20. The van der Waals surface area contributed by atoms with Gasteiger partial charge in [-0.1, -0.05) is 55.3 Å². The van der Waals surface area contributed by atoms with Gasteiger partial charge < -0.3 is 16.4 Å². The van der Waals surface area contributed by atoms with E-state index in [-0.39, 0.29) is 11.8 Å². The molecule has 0 unspecified atom stereocenters. The first-order valence-electron chi connectivity index (χ1n) is 10.5. The van der Waals surface area contributed by atoms with Gasteiger partial charge in [-0.05, 0) is 55.5 Å². The van der Waals surface area contributed by atoms with Gasteiger partial charge in [0.15, 0.2) is 0 Å². The number of amides is 2. The van der Waals surface area contributed by atoms with E-state index in [4.69, 9.17) is 5.73 Å². The van der Waals surface area contributed by atoms with Crippen molar-refractivity contribution in [3.8, 4) is 17.2 Å². The molecule has 6 nitrogen and oxygen atoms in total. The molecule has 1 atom stereocenters. The number of benzene rings is 2. The molecular weight excluding hydrogens is 376 g/mol. The summed E-state index contributed by atoms with van der Waals surface area (Å²) < 4.78 is 0. The summed E-state index contributed by atoms with van der Waals surface area (Å²) >= 11 is 0. The normalized spacial score (nSPS) is 14.9. The summed E-state index contributed by atoms with van der Waals surface area (Å²) in [6.07, 6.45) is 4.38. The first kappa shape index (κ1) is 21.5. The van der Waals surface area contributed by atoms with E-state index in [0.29, 0.717) is 31.4 Å². The van der Waals surface area contributed by atoms with Gasteiger partial charge in [-0.15, -0.1) is 0 Å². The lowest BCUT2D eigenvalue weighted by Crippen LogP contribution is -2.50. The number of nitrogens with zero attached hydrogens (tertiary/aromatic N) is 1. The molecule has 1 saturated carbocycles. The summed E-state index contributed by atoms with van der Waals surface area (Å²) in [5, 5.41) is 14.9. The maximum atomic E-state index is 12.8. The maximum Gasteiger partial charge on any atom is 0.251 e. The molecule has 4 N–H and O–H groups in total. The predicted molar refractivity (Wildman–Crippen MR) is 116 cm³/mol. The van der Waals surface area contributed by atoms with Gasteiger partial charge in [-0.25, -0.2) is 0 Å². The minimum absolute atomic E-state index is 0.295. The van der Waals surface area contributed by atoms with Crippen LogP contribution in [0.1, 0.15) is 48.9 Å². The molecule has 30 heavy (non-hydrogen) atoms. The molecular formula is C24H28N4O2. The zero-order chi connectivity index (χ0) is 21.4. The Labute approximate surface area is 177 Å². The fourth-order valence-corrected chi connectivity index (χ4v) is 3.34. The van der Waals surface area contributed by atoms with Crippen molar-refractivity contribution in [1.29, 1.82) is 5.26 Å². The molecule has 1 aliphatic carbocycles. The van der Waals surface area contributed by atoms with Gasteiger partial charge >= 0.3 is 0 Å². The molecule has 156 valence electrons. The third-order valence-corrected chi connectivity index (χ3v) is 5.40. The third-order valence-electron chi connectivity index (χ3n) is 5.40. The van der Waals surface area contributed by atoms with Gasteiger partial charge in [0.05, 0.1) is 6.07 Å². The second-order valence-electron chi connectivity index (χ2n) is 7.79. The fourth-order valence-electron chi connectivity index (χ4n) is 3.34. The summed E-state index contributed by atoms with van der Waals surface area (Å²) in [4.78, 5) is 25.5. The van der Waals surface area contributed by atoms with Gasteiger partial charge in [-0.2, -0.15) is 5.26 Å². The lowest BCUT2D eigenvalue weighted by molar-refractivity contribution is -0.123. The van der Waals surface area contributed by atoms with Crippen LogP contribution in [0.15, 0.2) is 54.6 Å². The molecule has 0 radical (unpaired) electrons. The van der Waals surface area contributed by atoms with E-state index in [1.165, 1.54) is 0 Å². The average molecular weight is 405 g/mol. The van der Waals surface area contributed by atoms with Crippen LogP contribution < -0.4 is 16.4 Å². The van der Waals surface area contributed by atoms with E-state index in [1.807, 2.05) is 42.5 Å². The number of nitrogens with two attached hydrogens (primary N) is 1. The molecule has 6 heteroatoms. The Hall–Kier alpha value is -3.17. The summed E-state index contributed by atoms with van der Waals surface area (Å²) in [5.41, 5.74) is 7.38. The molecule has 0 bridgehead atoms. The maximum absolute atomic E-state index is 12.8. The summed E-state index contributed by atoms with van der Waals surface area (Å²) in [5.74, 6) is -0.591. The van der Waals surface area contributed by atoms with Crippen LogP contribution in [0.4, 0.5) is 0 Å². The van der Waals surface area contributed by atoms with E-state index in [1.54, 1.807) is 12.1 Å². The Bertz CT molecular complexity index is 899. The quantitative estimate of drug-likeness (QED) is 0.529. The molecule has 0 aliphatic heterocycles. The summed E-state index contributed by atoms with van der Waals surface area (Å²) in [6.45, 7) is 0.606. The Morgan fingerprint density at radius 2 is 1.67 bits per heavy atom. The molecule has 0 saturated heterocycles. The second kappa shape index (κ2) is 10.0. The Morgan fingerprint density at radius 1 is 1.00 bits per heavy atom. The number of hydrogen-bond donors (Lipinski definition) is 3. The topological polar surface area (TPSA) is 108 Å². The number of nitrogens with one attached hydrogen (secondary N) is 2. The van der Waals surface area contributed by atoms with Gasteiger partial charge in [0.2, 0.25) is 5.91 Å². The molecule has 0 spiro atoms. The number of rotatable bonds is 10. The molecule has 1 aliphatic rings. The van der Waals surface area contributed by atoms with Crippen molar-refractivity contribution >= 4 is 11.8 Å². The number of carbonyl (C=O) groups is 2. The van der Waals surface area contributed by atoms with Crippen molar-refractivity contribution in [3.63, 3.8) is 0 Å². The molecule has 2 aromatic carbocycles. The van der Waals surface area contributed by atoms with Crippen LogP contribution in [-0.2, 0) is 4.79 Å². The largest absolute Gasteiger partial charge is 0.340 e. The van der Waals surface area contributed by atoms with E-state index in [9.17, 15) is 14.9 Å². The van der Waals surface area contributed by atoms with Crippen LogP contribution in [0, 0.1) is 11.3 Å². The number of unbranched alkanes of at least 4 members (excludes halogenated alkanes) is 2. The highest BCUT2D eigenvalue weighted by atomic mass is 16.2. The van der Waals surface area contributed by atoms with Crippen molar-refractivity contribution < 1.29 is 9.59 Å². The monoisotopic (exact) mass is 404 g/mol. The fraction of sp³-hybridized carbons (Fsp3) is 0.375. The number of hydrogen-bond acceptors (Lipinski definition) is 4. The summed E-state index contributed by atoms with van der Waals surface area (Å²) in [6, 6.07) is 18.7. The zero-order valence-corrected chi connectivity index (χ0v) is 17.1. The summed E-state index contributed by atoms with van der Waals surface area (Å²) in [7, 11) is 0. The molecule has 2 amide bonds. The van der Waals surface area contributed by atoms with Crippen LogP contribution in [0.3, 0.4) is 0 Å². The van der Waals surface area contributed by atoms with E-state index < -0.39 is 11.6 Å². The number of carbonyl (C=O) groups excluding carboxylic acids is 2. The van der Waals surface area contributed by atoms with Crippen molar-refractivity contribution in [3.05, 3.63) is 60.2 Å². The minimum atomic E-state index is -0.755. The first-order valence-corrected chi connectivity index (χ1v) is 10.5. The second-order valence-corrected chi connectivity index (χ2v) is 7.79. The highest BCUT2D eigenvalue weighted by Crippen LogP contribution is 2.34. The Kier molecular flexibility index (Phi) is 7.21. The Balaban J connectivity index is 1.65. The standard InChI is InChI=1S/C24H28N4O2/c25-16-6-2-5-9-21(23(30)28-24(17-26)14-15-24)27-22(29)20-12-10-19(11-13-20)18-7-3-1-4-8-18/h1,3-4,7-8,10-13,21H,2,5-6,9,14-16,25H2,(H,27,29)(H,28,30)/t21-/m0/s1. The highest BCUT2D eigenvalue weighted by molar-refractivity contribution is 5.98. The smallest absolute Gasteiger partial charge is 0.251 e. The van der Waals surface area contributed by atoms with Crippen molar-refractivity contribution in [2.45, 2.75) is 50.1 Å². The van der Waals surface area contributed by atoms with E-state index in [2.05, 4.69) is 16.7 Å². The van der Waals surface area contributed by atoms with Crippen LogP contribution in [0.25, 0.3) is 11.1 Å². The molecule has 0 heterocycles. The molecule has 2 aromatic rings. The van der Waals surface area contributed by atoms with Crippen molar-refractivity contribution in [2.75, 3.05) is 6.54 Å². The Morgan fingerprint density at radius 3 is 2.27 bits per heavy atom. The zero-order valence-electron chi connectivity index (χ0n) is 17.1. The minimum Gasteiger partial charge on any atom is -0.340 e.